The first-order valence-corrected chi connectivity index (χ1v) is 6.60. The highest BCUT2D eigenvalue weighted by molar-refractivity contribution is 5.31. The number of para-hydroxylation sites is 1. The number of aromatic hydroxyl groups is 1. The molecular formula is C15H14N4O2. The molecule has 2 heterocycles. The Kier molecular flexibility index (Phi) is 3.51. The van der Waals surface area contributed by atoms with Crippen molar-refractivity contribution in [3.63, 3.8) is 0 Å². The zero-order valence-corrected chi connectivity index (χ0v) is 11.2. The number of rotatable bonds is 4. The molecule has 1 aromatic carbocycles. The van der Waals surface area contributed by atoms with Crippen LogP contribution in [0.1, 0.15) is 11.3 Å². The SMILES string of the molecule is O=c1[nH]ccc(CCc2cn(-c3ccccc3)nn2)c1O. The molecule has 0 radical (unpaired) electrons. The van der Waals surface area contributed by atoms with E-state index in [0.29, 0.717) is 18.4 Å². The van der Waals surface area contributed by atoms with Crippen LogP contribution in [-0.4, -0.2) is 25.1 Å². The second kappa shape index (κ2) is 5.62. The van der Waals surface area contributed by atoms with Gasteiger partial charge in [-0.15, -0.1) is 5.10 Å². The molecule has 0 aliphatic heterocycles. The van der Waals surface area contributed by atoms with Gasteiger partial charge in [0, 0.05) is 11.8 Å². The minimum Gasteiger partial charge on any atom is -0.503 e. The summed E-state index contributed by atoms with van der Waals surface area (Å²) in [6.07, 6.45) is 4.50. The summed E-state index contributed by atoms with van der Waals surface area (Å²) in [6, 6.07) is 11.4. The molecule has 3 aromatic rings. The van der Waals surface area contributed by atoms with Crippen LogP contribution in [0.5, 0.6) is 5.75 Å². The van der Waals surface area contributed by atoms with E-state index < -0.39 is 5.56 Å². The van der Waals surface area contributed by atoms with E-state index >= 15 is 0 Å². The van der Waals surface area contributed by atoms with Gasteiger partial charge in [-0.3, -0.25) is 4.79 Å². The Hall–Kier alpha value is -2.89. The van der Waals surface area contributed by atoms with Gasteiger partial charge in [0.2, 0.25) is 0 Å². The van der Waals surface area contributed by atoms with E-state index in [1.807, 2.05) is 36.5 Å². The zero-order valence-electron chi connectivity index (χ0n) is 11.2. The Balaban J connectivity index is 1.74. The first-order chi connectivity index (χ1) is 10.2. The fourth-order valence-corrected chi connectivity index (χ4v) is 2.10. The summed E-state index contributed by atoms with van der Waals surface area (Å²) in [4.78, 5) is 13.7. The average Bonchev–Trinajstić information content (AvgIpc) is 2.99. The Morgan fingerprint density at radius 3 is 2.76 bits per heavy atom. The van der Waals surface area contributed by atoms with Crippen LogP contribution in [0, 0.1) is 0 Å². The molecule has 2 aromatic heterocycles. The molecule has 0 atom stereocenters. The molecule has 6 heteroatoms. The third-order valence-electron chi connectivity index (χ3n) is 3.23. The summed E-state index contributed by atoms with van der Waals surface area (Å²) in [5.74, 6) is -0.229. The minimum absolute atomic E-state index is 0.229. The van der Waals surface area contributed by atoms with Gasteiger partial charge in [0.1, 0.15) is 0 Å². The number of hydrogen-bond acceptors (Lipinski definition) is 4. The van der Waals surface area contributed by atoms with E-state index in [1.165, 1.54) is 6.20 Å². The second-order valence-electron chi connectivity index (χ2n) is 4.67. The van der Waals surface area contributed by atoms with Crippen LogP contribution in [0.4, 0.5) is 0 Å². The lowest BCUT2D eigenvalue weighted by atomic mass is 10.1. The topological polar surface area (TPSA) is 83.8 Å². The molecule has 0 spiro atoms. The summed E-state index contributed by atoms with van der Waals surface area (Å²) in [5.41, 5.74) is 1.88. The lowest BCUT2D eigenvalue weighted by Crippen LogP contribution is -2.07. The second-order valence-corrected chi connectivity index (χ2v) is 4.67. The maximum absolute atomic E-state index is 11.3. The Morgan fingerprint density at radius 2 is 1.95 bits per heavy atom. The summed E-state index contributed by atoms with van der Waals surface area (Å²) < 4.78 is 1.70. The molecule has 0 aliphatic carbocycles. The predicted octanol–water partition coefficient (Wildman–Crippen LogP) is 1.45. The van der Waals surface area contributed by atoms with E-state index in [9.17, 15) is 9.90 Å². The number of aryl methyl sites for hydroxylation is 2. The molecule has 0 unspecified atom stereocenters. The summed E-state index contributed by atoms with van der Waals surface area (Å²) in [7, 11) is 0. The van der Waals surface area contributed by atoms with E-state index in [2.05, 4.69) is 15.3 Å². The fourth-order valence-electron chi connectivity index (χ4n) is 2.10. The molecular weight excluding hydrogens is 268 g/mol. The van der Waals surface area contributed by atoms with Crippen molar-refractivity contribution in [2.75, 3.05) is 0 Å². The smallest absolute Gasteiger partial charge is 0.290 e. The molecule has 0 saturated heterocycles. The number of benzene rings is 1. The Bertz CT molecular complexity index is 793. The van der Waals surface area contributed by atoms with Crippen LogP contribution < -0.4 is 5.56 Å². The summed E-state index contributed by atoms with van der Waals surface area (Å²) >= 11 is 0. The highest BCUT2D eigenvalue weighted by Crippen LogP contribution is 2.13. The normalized spacial score (nSPS) is 10.7. The Labute approximate surface area is 120 Å². The van der Waals surface area contributed by atoms with Crippen LogP contribution in [-0.2, 0) is 12.8 Å². The number of nitrogens with one attached hydrogen (secondary N) is 1. The van der Waals surface area contributed by atoms with Gasteiger partial charge < -0.3 is 10.1 Å². The fraction of sp³-hybridized carbons (Fsp3) is 0.133. The first kappa shape index (κ1) is 13.1. The van der Waals surface area contributed by atoms with Gasteiger partial charge in [0.15, 0.2) is 5.75 Å². The van der Waals surface area contributed by atoms with Crippen LogP contribution in [0.2, 0.25) is 0 Å². The van der Waals surface area contributed by atoms with Crippen molar-refractivity contribution in [1.82, 2.24) is 20.0 Å². The lowest BCUT2D eigenvalue weighted by Gasteiger charge is -2.01. The molecule has 0 bridgehead atoms. The largest absolute Gasteiger partial charge is 0.503 e. The maximum Gasteiger partial charge on any atom is 0.290 e. The molecule has 0 saturated carbocycles. The average molecular weight is 282 g/mol. The van der Waals surface area contributed by atoms with Gasteiger partial charge >= 0.3 is 0 Å². The third kappa shape index (κ3) is 2.84. The van der Waals surface area contributed by atoms with E-state index in [4.69, 9.17) is 0 Å². The number of nitrogens with zero attached hydrogens (tertiary/aromatic N) is 3. The van der Waals surface area contributed by atoms with Crippen molar-refractivity contribution in [3.8, 4) is 11.4 Å². The predicted molar refractivity (Wildman–Crippen MR) is 77.5 cm³/mol. The van der Waals surface area contributed by atoms with Crippen molar-refractivity contribution in [1.29, 1.82) is 0 Å². The van der Waals surface area contributed by atoms with Crippen molar-refractivity contribution in [2.45, 2.75) is 12.8 Å². The molecule has 0 aliphatic rings. The molecule has 2 N–H and O–H groups in total. The third-order valence-corrected chi connectivity index (χ3v) is 3.23. The van der Waals surface area contributed by atoms with Crippen molar-refractivity contribution in [3.05, 3.63) is 70.4 Å². The highest BCUT2D eigenvalue weighted by atomic mass is 16.3. The van der Waals surface area contributed by atoms with Gasteiger partial charge in [-0.1, -0.05) is 23.4 Å². The molecule has 6 nitrogen and oxygen atoms in total. The standard InChI is InChI=1S/C15H14N4O2/c20-14-11(8-9-16-15(14)21)6-7-12-10-19(18-17-12)13-4-2-1-3-5-13/h1-5,8-10,20H,6-7H2,(H,16,21). The van der Waals surface area contributed by atoms with Gasteiger partial charge in [-0.25, -0.2) is 4.68 Å². The van der Waals surface area contributed by atoms with E-state index in [-0.39, 0.29) is 5.75 Å². The van der Waals surface area contributed by atoms with E-state index in [0.717, 1.165) is 11.4 Å². The molecule has 106 valence electrons. The van der Waals surface area contributed by atoms with Gasteiger partial charge in [0.05, 0.1) is 17.6 Å². The molecule has 0 fully saturated rings. The first-order valence-electron chi connectivity index (χ1n) is 6.60. The van der Waals surface area contributed by atoms with Crippen molar-refractivity contribution < 1.29 is 5.11 Å². The van der Waals surface area contributed by atoms with E-state index in [1.54, 1.807) is 10.7 Å². The molecule has 21 heavy (non-hydrogen) atoms. The van der Waals surface area contributed by atoms with Crippen LogP contribution in [0.3, 0.4) is 0 Å². The quantitative estimate of drug-likeness (QED) is 0.758. The highest BCUT2D eigenvalue weighted by Gasteiger charge is 2.07. The number of H-pyrrole nitrogens is 1. The summed E-state index contributed by atoms with van der Waals surface area (Å²) in [6.45, 7) is 0. The van der Waals surface area contributed by atoms with Crippen molar-refractivity contribution >= 4 is 0 Å². The van der Waals surface area contributed by atoms with Crippen LogP contribution in [0.15, 0.2) is 53.6 Å². The van der Waals surface area contributed by atoms with Gasteiger partial charge in [-0.05, 0) is 31.0 Å². The summed E-state index contributed by atoms with van der Waals surface area (Å²) in [5, 5.41) is 17.9. The van der Waals surface area contributed by atoms with Crippen LogP contribution in [0.25, 0.3) is 5.69 Å². The monoisotopic (exact) mass is 282 g/mol. The number of hydrogen-bond donors (Lipinski definition) is 2. The Morgan fingerprint density at radius 1 is 1.14 bits per heavy atom. The zero-order chi connectivity index (χ0) is 14.7. The molecule has 0 amide bonds. The van der Waals surface area contributed by atoms with Gasteiger partial charge in [0.25, 0.3) is 5.56 Å². The number of aromatic amines is 1. The van der Waals surface area contributed by atoms with Gasteiger partial charge in [-0.2, -0.15) is 0 Å². The maximum atomic E-state index is 11.3. The van der Waals surface area contributed by atoms with Crippen molar-refractivity contribution in [2.24, 2.45) is 0 Å². The molecule has 3 rings (SSSR count). The number of pyridine rings is 1. The lowest BCUT2D eigenvalue weighted by molar-refractivity contribution is 0.459. The minimum atomic E-state index is -0.472. The number of aromatic nitrogens is 4. The van der Waals surface area contributed by atoms with Crippen LogP contribution >= 0.6 is 0 Å².